The molecule has 0 heterocycles. The summed E-state index contributed by atoms with van der Waals surface area (Å²) in [6.45, 7) is 4.53. The van der Waals surface area contributed by atoms with Crippen molar-refractivity contribution in [1.82, 2.24) is 0 Å². The second-order valence-corrected chi connectivity index (χ2v) is 4.92. The predicted molar refractivity (Wildman–Crippen MR) is 80.7 cm³/mol. The smallest absolute Gasteiger partial charge is 0.330 e. The number of rotatable bonds is 7. The predicted octanol–water partition coefficient (Wildman–Crippen LogP) is 3.01. The Morgan fingerprint density at radius 2 is 1.90 bits per heavy atom. The van der Waals surface area contributed by atoms with Gasteiger partial charge in [-0.1, -0.05) is 13.8 Å². The largest absolute Gasteiger partial charge is 0.504 e. The van der Waals surface area contributed by atoms with Crippen LogP contribution in [-0.4, -0.2) is 31.9 Å². The number of phenolic OH excluding ortho intramolecular Hbond substituents is 1. The highest BCUT2D eigenvalue weighted by Gasteiger charge is 2.13. The number of hydrogen-bond acceptors (Lipinski definition) is 5. The number of hydrogen-bond donors (Lipinski definition) is 1. The van der Waals surface area contributed by atoms with Crippen LogP contribution in [-0.2, 0) is 9.53 Å². The van der Waals surface area contributed by atoms with E-state index in [0.29, 0.717) is 23.8 Å². The number of esters is 1. The second-order valence-electron chi connectivity index (χ2n) is 4.92. The highest BCUT2D eigenvalue weighted by Crippen LogP contribution is 2.39. The maximum Gasteiger partial charge on any atom is 0.330 e. The Kier molecular flexibility index (Phi) is 6.59. The number of benzene rings is 1. The lowest BCUT2D eigenvalue weighted by atomic mass is 10.1. The molecular formula is C16H22O5. The lowest BCUT2D eigenvalue weighted by molar-refractivity contribution is -0.137. The van der Waals surface area contributed by atoms with Crippen LogP contribution in [0.1, 0.15) is 25.8 Å². The van der Waals surface area contributed by atoms with Crippen LogP contribution in [0.3, 0.4) is 0 Å². The number of ether oxygens (including phenoxy) is 3. The van der Waals surface area contributed by atoms with Crippen molar-refractivity contribution in [3.63, 3.8) is 0 Å². The van der Waals surface area contributed by atoms with Gasteiger partial charge in [-0.15, -0.1) is 0 Å². The Bertz CT molecular complexity index is 506. The highest BCUT2D eigenvalue weighted by molar-refractivity contribution is 5.88. The summed E-state index contributed by atoms with van der Waals surface area (Å²) in [5, 5.41) is 9.67. The van der Waals surface area contributed by atoms with E-state index >= 15 is 0 Å². The van der Waals surface area contributed by atoms with E-state index in [4.69, 9.17) is 14.2 Å². The molecule has 0 bridgehead atoms. The van der Waals surface area contributed by atoms with E-state index in [1.54, 1.807) is 12.1 Å². The summed E-state index contributed by atoms with van der Waals surface area (Å²) >= 11 is 0. The quantitative estimate of drug-likeness (QED) is 0.618. The topological polar surface area (TPSA) is 65.0 Å². The summed E-state index contributed by atoms with van der Waals surface area (Å²) < 4.78 is 15.4. The molecule has 1 aromatic rings. The van der Waals surface area contributed by atoms with Crippen molar-refractivity contribution in [2.45, 2.75) is 20.3 Å². The first-order valence-electron chi connectivity index (χ1n) is 6.78. The fourth-order valence-corrected chi connectivity index (χ4v) is 1.71. The van der Waals surface area contributed by atoms with E-state index in [9.17, 15) is 9.90 Å². The van der Waals surface area contributed by atoms with E-state index in [2.05, 4.69) is 13.8 Å². The molecule has 0 fully saturated rings. The van der Waals surface area contributed by atoms with E-state index in [0.717, 1.165) is 6.42 Å². The van der Waals surface area contributed by atoms with Gasteiger partial charge in [0.05, 0.1) is 20.8 Å². The highest BCUT2D eigenvalue weighted by atomic mass is 16.5. The van der Waals surface area contributed by atoms with Gasteiger partial charge in [-0.3, -0.25) is 0 Å². The SMILES string of the molecule is COc1c(O)ccc(C=CC(=O)OCCC(C)C)c1OC. The molecule has 0 atom stereocenters. The van der Waals surface area contributed by atoms with Crippen LogP contribution >= 0.6 is 0 Å². The van der Waals surface area contributed by atoms with Gasteiger partial charge in [0.2, 0.25) is 5.75 Å². The van der Waals surface area contributed by atoms with Crippen molar-refractivity contribution in [1.29, 1.82) is 0 Å². The Hall–Kier alpha value is -2.17. The van der Waals surface area contributed by atoms with Gasteiger partial charge in [-0.05, 0) is 30.5 Å². The zero-order valence-corrected chi connectivity index (χ0v) is 12.9. The maximum absolute atomic E-state index is 11.6. The number of carbonyl (C=O) groups is 1. The van der Waals surface area contributed by atoms with Gasteiger partial charge in [0, 0.05) is 11.6 Å². The molecule has 0 saturated carbocycles. The van der Waals surface area contributed by atoms with Crippen LogP contribution in [0.15, 0.2) is 18.2 Å². The lowest BCUT2D eigenvalue weighted by Crippen LogP contribution is -2.04. The van der Waals surface area contributed by atoms with Crippen LogP contribution in [0, 0.1) is 5.92 Å². The molecule has 0 aliphatic heterocycles. The number of methoxy groups -OCH3 is 2. The zero-order chi connectivity index (χ0) is 15.8. The molecule has 21 heavy (non-hydrogen) atoms. The van der Waals surface area contributed by atoms with Crippen LogP contribution in [0.2, 0.25) is 0 Å². The zero-order valence-electron chi connectivity index (χ0n) is 12.9. The van der Waals surface area contributed by atoms with Crippen molar-refractivity contribution in [3.05, 3.63) is 23.8 Å². The normalized spacial score (nSPS) is 10.9. The third-order valence-corrected chi connectivity index (χ3v) is 2.87. The molecule has 5 heteroatoms. The van der Waals surface area contributed by atoms with Gasteiger partial charge in [-0.25, -0.2) is 4.79 Å². The van der Waals surface area contributed by atoms with Crippen molar-refractivity contribution in [3.8, 4) is 17.2 Å². The molecule has 0 amide bonds. The standard InChI is InChI=1S/C16H22O5/c1-11(2)9-10-21-14(18)8-6-12-5-7-13(17)16(20-4)15(12)19-3/h5-8,11,17H,9-10H2,1-4H3. The Morgan fingerprint density at radius 3 is 2.48 bits per heavy atom. The average molecular weight is 294 g/mol. The van der Waals surface area contributed by atoms with E-state index in [1.165, 1.54) is 26.4 Å². The van der Waals surface area contributed by atoms with E-state index in [-0.39, 0.29) is 11.5 Å². The van der Waals surface area contributed by atoms with Gasteiger partial charge < -0.3 is 19.3 Å². The van der Waals surface area contributed by atoms with E-state index < -0.39 is 5.97 Å². The molecule has 1 rings (SSSR count). The summed E-state index contributed by atoms with van der Waals surface area (Å²) in [6, 6.07) is 3.11. The van der Waals surface area contributed by atoms with Crippen LogP contribution in [0.25, 0.3) is 6.08 Å². The molecule has 1 aromatic carbocycles. The second kappa shape index (κ2) is 8.19. The Balaban J connectivity index is 2.78. The molecule has 116 valence electrons. The lowest BCUT2D eigenvalue weighted by Gasteiger charge is -2.11. The first-order chi connectivity index (χ1) is 9.99. The van der Waals surface area contributed by atoms with Gasteiger partial charge in [0.1, 0.15) is 0 Å². The molecule has 0 unspecified atom stereocenters. The summed E-state index contributed by atoms with van der Waals surface area (Å²) in [5.74, 6) is 0.649. The van der Waals surface area contributed by atoms with Gasteiger partial charge >= 0.3 is 5.97 Å². The summed E-state index contributed by atoms with van der Waals surface area (Å²) in [7, 11) is 2.90. The molecule has 0 aliphatic rings. The van der Waals surface area contributed by atoms with Crippen molar-refractivity contribution in [2.75, 3.05) is 20.8 Å². The summed E-state index contributed by atoms with van der Waals surface area (Å²) in [5.41, 5.74) is 0.618. The first kappa shape index (κ1) is 16.9. The molecule has 0 radical (unpaired) electrons. The minimum Gasteiger partial charge on any atom is -0.504 e. The molecule has 0 aliphatic carbocycles. The fraction of sp³-hybridized carbons (Fsp3) is 0.438. The molecular weight excluding hydrogens is 272 g/mol. The maximum atomic E-state index is 11.6. The molecule has 0 spiro atoms. The number of carbonyl (C=O) groups excluding carboxylic acids is 1. The number of phenols is 1. The minimum atomic E-state index is -0.412. The van der Waals surface area contributed by atoms with Crippen LogP contribution in [0.5, 0.6) is 17.2 Å². The monoisotopic (exact) mass is 294 g/mol. The van der Waals surface area contributed by atoms with Crippen molar-refractivity contribution < 1.29 is 24.1 Å². The van der Waals surface area contributed by atoms with Gasteiger partial charge in [0.15, 0.2) is 11.5 Å². The molecule has 0 saturated heterocycles. The minimum absolute atomic E-state index is 0.0222. The third kappa shape index (κ3) is 5.02. The first-order valence-corrected chi connectivity index (χ1v) is 6.78. The third-order valence-electron chi connectivity index (χ3n) is 2.87. The Labute approximate surface area is 125 Å². The van der Waals surface area contributed by atoms with Gasteiger partial charge in [0.25, 0.3) is 0 Å². The van der Waals surface area contributed by atoms with Crippen molar-refractivity contribution >= 4 is 12.0 Å². The summed E-state index contributed by atoms with van der Waals surface area (Å²) in [6.07, 6.45) is 3.73. The fourth-order valence-electron chi connectivity index (χ4n) is 1.71. The summed E-state index contributed by atoms with van der Waals surface area (Å²) in [4.78, 5) is 11.6. The van der Waals surface area contributed by atoms with Crippen molar-refractivity contribution in [2.24, 2.45) is 5.92 Å². The average Bonchev–Trinajstić information content (AvgIpc) is 2.44. The molecule has 5 nitrogen and oxygen atoms in total. The number of aromatic hydroxyl groups is 1. The van der Waals surface area contributed by atoms with E-state index in [1.807, 2.05) is 0 Å². The molecule has 1 N–H and O–H groups in total. The van der Waals surface area contributed by atoms with Gasteiger partial charge in [-0.2, -0.15) is 0 Å². The molecule has 0 aromatic heterocycles. The Morgan fingerprint density at radius 1 is 1.24 bits per heavy atom. The van der Waals surface area contributed by atoms with Crippen LogP contribution < -0.4 is 9.47 Å². The van der Waals surface area contributed by atoms with Crippen LogP contribution in [0.4, 0.5) is 0 Å².